The Bertz CT molecular complexity index is 86.9. The van der Waals surface area contributed by atoms with E-state index in [1.807, 2.05) is 40.7 Å². The Hall–Kier alpha value is -0.132. The minimum absolute atomic E-state index is 0. The van der Waals surface area contributed by atoms with Crippen LogP contribution in [0.3, 0.4) is 0 Å². The molecule has 0 spiro atoms. The molecule has 0 radical (unpaired) electrons. The quantitative estimate of drug-likeness (QED) is 0.426. The van der Waals surface area contributed by atoms with Crippen LogP contribution in [0.5, 0.6) is 0 Å². The zero-order chi connectivity index (χ0) is 16.5. The molecule has 110 valence electrons. The van der Waals surface area contributed by atoms with Gasteiger partial charge in [0.2, 0.25) is 0 Å². The van der Waals surface area contributed by atoms with Gasteiger partial charge in [0.05, 0.1) is 0 Å². The van der Waals surface area contributed by atoms with E-state index in [4.69, 9.17) is 75.2 Å². The molecule has 0 aromatic rings. The molecule has 0 rings (SSSR count). The second kappa shape index (κ2) is 123. The SMILES string of the molecule is C=O.C=O.C=O.C=O.C=O.C=O.ClC(Cl)(Cl)Cl.[Mo]. The first-order valence-electron chi connectivity index (χ1n) is 2.49. The number of carbonyl (C=O) groups excluding carboxylic acids is 6. The van der Waals surface area contributed by atoms with Crippen LogP contribution in [0.4, 0.5) is 0 Å². The zero-order valence-electron chi connectivity index (χ0n) is 9.11. The van der Waals surface area contributed by atoms with E-state index in [0.29, 0.717) is 0 Å². The van der Waals surface area contributed by atoms with Crippen LogP contribution < -0.4 is 0 Å². The van der Waals surface area contributed by atoms with E-state index >= 15 is 0 Å². The van der Waals surface area contributed by atoms with Gasteiger partial charge in [0, 0.05) is 21.1 Å². The number of rotatable bonds is 0. The summed E-state index contributed by atoms with van der Waals surface area (Å²) < 4.78 is -1.61. The van der Waals surface area contributed by atoms with Crippen molar-refractivity contribution in [3.8, 4) is 0 Å². The molecule has 0 aliphatic rings. The molecule has 18 heavy (non-hydrogen) atoms. The molecule has 0 atom stereocenters. The molecule has 0 unspecified atom stereocenters. The van der Waals surface area contributed by atoms with Crippen molar-refractivity contribution in [2.45, 2.75) is 3.25 Å². The molecule has 0 aliphatic carbocycles. The van der Waals surface area contributed by atoms with Gasteiger partial charge in [0.1, 0.15) is 40.7 Å². The molecule has 0 aromatic heterocycles. The number of hydrogen-bond acceptors (Lipinski definition) is 6. The molecule has 0 saturated heterocycles. The fraction of sp³-hybridized carbons (Fsp3) is 0.143. The molecule has 0 N–H and O–H groups in total. The van der Waals surface area contributed by atoms with Gasteiger partial charge in [0.25, 0.3) is 3.25 Å². The maximum Gasteiger partial charge on any atom is 0.266 e. The summed E-state index contributed by atoms with van der Waals surface area (Å²) in [5.41, 5.74) is 0. The van der Waals surface area contributed by atoms with E-state index in [0.717, 1.165) is 0 Å². The second-order valence-corrected chi connectivity index (χ2v) is 3.86. The second-order valence-electron chi connectivity index (χ2n) is 0.429. The van der Waals surface area contributed by atoms with Gasteiger partial charge in [-0.15, -0.1) is 0 Å². The maximum absolute atomic E-state index is 8.00. The number of hydrogen-bond donors (Lipinski definition) is 0. The molecular formula is C7H12Cl4MoO6. The van der Waals surface area contributed by atoms with E-state index in [1.54, 1.807) is 0 Å². The first-order valence-corrected chi connectivity index (χ1v) is 4.00. The summed E-state index contributed by atoms with van der Waals surface area (Å²) in [6.45, 7) is 12.0. The zero-order valence-corrected chi connectivity index (χ0v) is 14.1. The summed E-state index contributed by atoms with van der Waals surface area (Å²) >= 11 is 19.3. The average molecular weight is 430 g/mol. The van der Waals surface area contributed by atoms with Gasteiger partial charge < -0.3 is 28.8 Å². The van der Waals surface area contributed by atoms with Crippen LogP contribution in [-0.4, -0.2) is 44.0 Å². The molecule has 0 bridgehead atoms. The topological polar surface area (TPSA) is 102 Å². The third-order valence-corrected chi connectivity index (χ3v) is 0. The summed E-state index contributed by atoms with van der Waals surface area (Å²) in [6, 6.07) is 0. The minimum Gasteiger partial charge on any atom is -0.307 e. The summed E-state index contributed by atoms with van der Waals surface area (Å²) in [6.07, 6.45) is 0. The Balaban J connectivity index is -0.0000000114. The third kappa shape index (κ3) is 202000. The standard InChI is InChI=1S/CCl4.6CH2O.Mo/c2-1(3,4)5;6*1-2;/h;6*1H2;. The Morgan fingerprint density at radius 2 is 0.444 bits per heavy atom. The van der Waals surface area contributed by atoms with E-state index in [2.05, 4.69) is 0 Å². The smallest absolute Gasteiger partial charge is 0.266 e. The Morgan fingerprint density at radius 3 is 0.444 bits per heavy atom. The molecule has 0 amide bonds. The van der Waals surface area contributed by atoms with Crippen molar-refractivity contribution in [2.24, 2.45) is 0 Å². The summed E-state index contributed by atoms with van der Waals surface area (Å²) in [7, 11) is 0. The molecule has 0 fully saturated rings. The molecule has 0 aromatic carbocycles. The molecule has 0 aliphatic heterocycles. The number of carbonyl (C=O) groups is 6. The third-order valence-electron chi connectivity index (χ3n) is 0. The van der Waals surface area contributed by atoms with Gasteiger partial charge in [0.15, 0.2) is 0 Å². The van der Waals surface area contributed by atoms with Crippen molar-refractivity contribution in [2.75, 3.05) is 0 Å². The first kappa shape index (κ1) is 52.2. The van der Waals surface area contributed by atoms with Crippen molar-refractivity contribution in [3.63, 3.8) is 0 Å². The summed E-state index contributed by atoms with van der Waals surface area (Å²) in [5.74, 6) is 0. The van der Waals surface area contributed by atoms with Crippen LogP contribution >= 0.6 is 46.4 Å². The van der Waals surface area contributed by atoms with Crippen molar-refractivity contribution >= 4 is 87.1 Å². The normalized spacial score (nSPS) is 4.67. The molecule has 11 heteroatoms. The van der Waals surface area contributed by atoms with E-state index in [9.17, 15) is 0 Å². The van der Waals surface area contributed by atoms with Crippen molar-refractivity contribution in [3.05, 3.63) is 0 Å². The number of alkyl halides is 4. The van der Waals surface area contributed by atoms with Gasteiger partial charge in [-0.3, -0.25) is 0 Å². The Labute approximate surface area is 140 Å². The van der Waals surface area contributed by atoms with Gasteiger partial charge >= 0.3 is 0 Å². The predicted octanol–water partition coefficient (Wildman–Crippen LogP) is 1.44. The Kier molecular flexibility index (Phi) is 358. The van der Waals surface area contributed by atoms with Crippen LogP contribution in [0.15, 0.2) is 0 Å². The van der Waals surface area contributed by atoms with Gasteiger partial charge in [-0.05, 0) is 0 Å². The molecule has 6 nitrogen and oxygen atoms in total. The monoisotopic (exact) mass is 430 g/mol. The van der Waals surface area contributed by atoms with E-state index in [-0.39, 0.29) is 21.1 Å². The van der Waals surface area contributed by atoms with Crippen LogP contribution in [-0.2, 0) is 49.8 Å². The van der Waals surface area contributed by atoms with E-state index in [1.165, 1.54) is 0 Å². The Morgan fingerprint density at radius 1 is 0.444 bits per heavy atom. The van der Waals surface area contributed by atoms with E-state index < -0.39 is 3.25 Å². The molecule has 0 heterocycles. The van der Waals surface area contributed by atoms with Crippen molar-refractivity contribution in [1.82, 2.24) is 0 Å². The summed E-state index contributed by atoms with van der Waals surface area (Å²) in [5, 5.41) is 0. The molecule has 0 saturated carbocycles. The van der Waals surface area contributed by atoms with Gasteiger partial charge in [-0.2, -0.15) is 0 Å². The van der Waals surface area contributed by atoms with Crippen molar-refractivity contribution < 1.29 is 49.8 Å². The first-order chi connectivity index (χ1) is 8.00. The molecular weight excluding hydrogens is 418 g/mol. The largest absolute Gasteiger partial charge is 0.307 e. The summed E-state index contributed by atoms with van der Waals surface area (Å²) in [4.78, 5) is 48.0. The number of halogens is 4. The average Bonchev–Trinajstić information content (AvgIpc) is 2.41. The fourth-order valence-corrected chi connectivity index (χ4v) is 0. The minimum atomic E-state index is -1.61. The van der Waals surface area contributed by atoms with Crippen molar-refractivity contribution in [1.29, 1.82) is 0 Å². The predicted molar refractivity (Wildman–Crippen MR) is 68.9 cm³/mol. The fourth-order valence-electron chi connectivity index (χ4n) is 0. The van der Waals surface area contributed by atoms with Gasteiger partial charge in [-0.1, -0.05) is 46.4 Å². The van der Waals surface area contributed by atoms with Gasteiger partial charge in [-0.25, -0.2) is 0 Å². The van der Waals surface area contributed by atoms with Crippen LogP contribution in [0, 0.1) is 0 Å². The van der Waals surface area contributed by atoms with Crippen LogP contribution in [0.2, 0.25) is 0 Å². The maximum atomic E-state index is 8.00. The van der Waals surface area contributed by atoms with Crippen LogP contribution in [0.25, 0.3) is 0 Å². The van der Waals surface area contributed by atoms with Crippen LogP contribution in [0.1, 0.15) is 0 Å².